The van der Waals surface area contributed by atoms with Crippen LogP contribution in [0.15, 0.2) is 218 Å². The van der Waals surface area contributed by atoms with Gasteiger partial charge in [0.1, 0.15) is 0 Å². The minimum atomic E-state index is 1.23. The summed E-state index contributed by atoms with van der Waals surface area (Å²) in [6.45, 7) is 0. The third-order valence-electron chi connectivity index (χ3n) is 12.1. The second-order valence-corrected chi connectivity index (χ2v) is 17.5. The first-order valence-electron chi connectivity index (χ1n) is 20.5. The molecule has 0 atom stereocenters. The van der Waals surface area contributed by atoms with E-state index in [-0.39, 0.29) is 0 Å². The number of benzene rings is 10. The van der Waals surface area contributed by atoms with Gasteiger partial charge < -0.3 is 0 Å². The van der Waals surface area contributed by atoms with Gasteiger partial charge in [-0.15, -0.1) is 22.7 Å². The molecule has 0 unspecified atom stereocenters. The minimum absolute atomic E-state index is 1.23. The van der Waals surface area contributed by atoms with E-state index in [0.29, 0.717) is 0 Å². The Morgan fingerprint density at radius 3 is 0.967 bits per heavy atom. The Hall–Kier alpha value is -7.10. The monoisotopic (exact) mass is 796 g/mol. The molecular weight excluding hydrogens is 761 g/mol. The molecule has 0 spiro atoms. The van der Waals surface area contributed by atoms with Gasteiger partial charge in [0, 0.05) is 52.2 Å². The van der Waals surface area contributed by atoms with Crippen molar-refractivity contribution in [3.8, 4) is 65.4 Å². The smallest absolute Gasteiger partial charge is 0.0446 e. The Kier molecular flexibility index (Phi) is 8.33. The fraction of sp³-hybridized carbons (Fsp3) is 0. The maximum atomic E-state index is 2.47. The van der Waals surface area contributed by atoms with Crippen molar-refractivity contribution in [3.05, 3.63) is 218 Å². The average Bonchev–Trinajstić information content (AvgIpc) is 3.90. The molecular formula is C58H36S2. The lowest BCUT2D eigenvalue weighted by Crippen LogP contribution is -1.91. The lowest BCUT2D eigenvalue weighted by atomic mass is 9.85. The fourth-order valence-electron chi connectivity index (χ4n) is 9.42. The van der Waals surface area contributed by atoms with Gasteiger partial charge in [0.05, 0.1) is 0 Å². The number of rotatable bonds is 6. The molecule has 0 nitrogen and oxygen atoms in total. The largest absolute Gasteiger partial charge is 0.134 e. The highest BCUT2D eigenvalue weighted by Crippen LogP contribution is 2.56. The van der Waals surface area contributed by atoms with E-state index >= 15 is 0 Å². The van der Waals surface area contributed by atoms with Crippen molar-refractivity contribution in [3.63, 3.8) is 0 Å². The molecule has 0 bridgehead atoms. The standard InChI is InChI=1S/C58H36S2/c1-5-19-37(20-6-1)43-31-17-33-47-51(39-23-9-3-10-24-39)57(59-55(43)47)53-45-29-15-16-30-46(45)54(50-36-42-28-14-13-27-41(42)35-49(50)53)58-52(40-25-11-4-12-26-40)48-34-18-32-44(56(48)60-58)38-21-7-2-8-22-38/h1-36H. The van der Waals surface area contributed by atoms with Gasteiger partial charge in [0.15, 0.2) is 0 Å². The number of thiophene rings is 2. The molecule has 0 saturated carbocycles. The predicted molar refractivity (Wildman–Crippen MR) is 262 cm³/mol. The molecule has 0 radical (unpaired) electrons. The summed E-state index contributed by atoms with van der Waals surface area (Å²) in [6, 6.07) is 80.5. The van der Waals surface area contributed by atoms with Crippen molar-refractivity contribution in [2.75, 3.05) is 0 Å². The molecule has 0 aliphatic rings. The van der Waals surface area contributed by atoms with Crippen LogP contribution in [0.3, 0.4) is 0 Å². The molecule has 0 N–H and O–H groups in total. The number of hydrogen-bond donors (Lipinski definition) is 0. The van der Waals surface area contributed by atoms with Crippen LogP contribution in [0, 0.1) is 0 Å². The minimum Gasteiger partial charge on any atom is -0.134 e. The zero-order chi connectivity index (χ0) is 39.6. The first-order chi connectivity index (χ1) is 29.8. The van der Waals surface area contributed by atoms with Crippen LogP contribution >= 0.6 is 22.7 Å². The molecule has 2 heterocycles. The highest BCUT2D eigenvalue weighted by atomic mass is 32.1. The molecule has 12 rings (SSSR count). The Labute approximate surface area is 356 Å². The van der Waals surface area contributed by atoms with E-state index in [9.17, 15) is 0 Å². The van der Waals surface area contributed by atoms with E-state index in [1.165, 1.54) is 118 Å². The summed E-state index contributed by atoms with van der Waals surface area (Å²) in [6.07, 6.45) is 0. The maximum Gasteiger partial charge on any atom is 0.0446 e. The van der Waals surface area contributed by atoms with E-state index in [1.807, 2.05) is 22.7 Å². The molecule has 12 aromatic rings. The molecule has 10 aromatic carbocycles. The quantitative estimate of drug-likeness (QED) is 0.147. The summed E-state index contributed by atoms with van der Waals surface area (Å²) in [5, 5.41) is 10.1. The van der Waals surface area contributed by atoms with Gasteiger partial charge >= 0.3 is 0 Å². The van der Waals surface area contributed by atoms with Crippen LogP contribution in [0.25, 0.3) is 118 Å². The summed E-state index contributed by atoms with van der Waals surface area (Å²) < 4.78 is 2.62. The van der Waals surface area contributed by atoms with Crippen LogP contribution in [-0.4, -0.2) is 0 Å². The van der Waals surface area contributed by atoms with Crippen molar-refractivity contribution in [2.45, 2.75) is 0 Å². The Morgan fingerprint density at radius 1 is 0.233 bits per heavy atom. The third-order valence-corrected chi connectivity index (χ3v) is 14.6. The molecule has 280 valence electrons. The molecule has 60 heavy (non-hydrogen) atoms. The van der Waals surface area contributed by atoms with Crippen LogP contribution in [-0.2, 0) is 0 Å². The van der Waals surface area contributed by atoms with Crippen LogP contribution in [0.2, 0.25) is 0 Å². The lowest BCUT2D eigenvalue weighted by Gasteiger charge is -2.19. The number of fused-ring (bicyclic) bond motifs is 5. The first-order valence-corrected chi connectivity index (χ1v) is 22.1. The Bertz CT molecular complexity index is 3320. The second-order valence-electron chi connectivity index (χ2n) is 15.5. The van der Waals surface area contributed by atoms with Crippen molar-refractivity contribution >= 4 is 75.2 Å². The zero-order valence-electron chi connectivity index (χ0n) is 32.6. The molecule has 0 amide bonds. The topological polar surface area (TPSA) is 0 Å². The third kappa shape index (κ3) is 5.57. The van der Waals surface area contributed by atoms with Gasteiger partial charge in [0.2, 0.25) is 0 Å². The fourth-order valence-corrected chi connectivity index (χ4v) is 12.3. The lowest BCUT2D eigenvalue weighted by molar-refractivity contribution is 1.66. The highest BCUT2D eigenvalue weighted by molar-refractivity contribution is 7.24. The summed E-state index contributed by atoms with van der Waals surface area (Å²) in [5.41, 5.74) is 12.6. The van der Waals surface area contributed by atoms with Crippen molar-refractivity contribution in [1.82, 2.24) is 0 Å². The molecule has 2 aromatic heterocycles. The first kappa shape index (κ1) is 34.9. The second kappa shape index (κ2) is 14.3. The molecule has 0 fully saturated rings. The van der Waals surface area contributed by atoms with E-state index in [0.717, 1.165) is 0 Å². The molecule has 0 saturated heterocycles. The molecule has 0 aliphatic heterocycles. The average molecular weight is 797 g/mol. The van der Waals surface area contributed by atoms with Crippen LogP contribution < -0.4 is 0 Å². The van der Waals surface area contributed by atoms with Gasteiger partial charge in [0.25, 0.3) is 0 Å². The Morgan fingerprint density at radius 2 is 0.567 bits per heavy atom. The zero-order valence-corrected chi connectivity index (χ0v) is 34.2. The molecule has 2 heteroatoms. The van der Waals surface area contributed by atoms with E-state index in [2.05, 4.69) is 218 Å². The van der Waals surface area contributed by atoms with Crippen LogP contribution in [0.4, 0.5) is 0 Å². The van der Waals surface area contributed by atoms with Crippen LogP contribution in [0.5, 0.6) is 0 Å². The van der Waals surface area contributed by atoms with Gasteiger partial charge in [-0.3, -0.25) is 0 Å². The van der Waals surface area contributed by atoms with E-state index in [4.69, 9.17) is 0 Å². The van der Waals surface area contributed by atoms with Crippen molar-refractivity contribution in [2.24, 2.45) is 0 Å². The SMILES string of the molecule is c1ccc(-c2c(-c3c4ccccc4c(-c4sc5c(-c6ccccc6)cccc5c4-c4ccccc4)c4cc5ccccc5cc34)sc3c(-c4ccccc4)cccc23)cc1. The predicted octanol–water partition coefficient (Wildman–Crippen LogP) is 17.6. The number of hydrogen-bond acceptors (Lipinski definition) is 2. The van der Waals surface area contributed by atoms with E-state index < -0.39 is 0 Å². The van der Waals surface area contributed by atoms with Gasteiger partial charge in [-0.05, 0) is 77.8 Å². The Balaban J connectivity index is 1.26. The highest BCUT2D eigenvalue weighted by Gasteiger charge is 2.27. The van der Waals surface area contributed by atoms with Crippen molar-refractivity contribution < 1.29 is 0 Å². The summed E-state index contributed by atoms with van der Waals surface area (Å²) >= 11 is 3.87. The molecule has 0 aliphatic carbocycles. The summed E-state index contributed by atoms with van der Waals surface area (Å²) in [4.78, 5) is 2.60. The normalized spacial score (nSPS) is 11.7. The van der Waals surface area contributed by atoms with Gasteiger partial charge in [-0.2, -0.15) is 0 Å². The van der Waals surface area contributed by atoms with Gasteiger partial charge in [-0.1, -0.05) is 206 Å². The maximum absolute atomic E-state index is 2.47. The summed E-state index contributed by atoms with van der Waals surface area (Å²) in [7, 11) is 0. The van der Waals surface area contributed by atoms with Gasteiger partial charge in [-0.25, -0.2) is 0 Å². The van der Waals surface area contributed by atoms with Crippen molar-refractivity contribution in [1.29, 1.82) is 0 Å². The van der Waals surface area contributed by atoms with E-state index in [1.54, 1.807) is 0 Å². The van der Waals surface area contributed by atoms with Crippen LogP contribution in [0.1, 0.15) is 0 Å². The summed E-state index contributed by atoms with van der Waals surface area (Å²) in [5.74, 6) is 0.